The number of benzene rings is 2. The minimum absolute atomic E-state index is 0.0421. The molecule has 128 valence electrons. The van der Waals surface area contributed by atoms with Gasteiger partial charge in [-0.2, -0.15) is 0 Å². The lowest BCUT2D eigenvalue weighted by Gasteiger charge is -2.12. The average molecular weight is 337 g/mol. The largest absolute Gasteiger partial charge is 0.497 e. The van der Waals surface area contributed by atoms with Gasteiger partial charge in [-0.05, 0) is 35.9 Å². The summed E-state index contributed by atoms with van der Waals surface area (Å²) in [7, 11) is 1.60. The highest BCUT2D eigenvalue weighted by Gasteiger charge is 2.07. The standard InChI is InChI=1S/C19H19N3O3/c1-24-16-6-8-17(9-7-16)25-13-19(23)21-12-15-4-2-3-5-18(15)22-11-10-20-14-22/h2-11,14H,12-13H2,1H3,(H,21,23). The number of ether oxygens (including phenoxy) is 2. The molecule has 0 aliphatic heterocycles. The van der Waals surface area contributed by atoms with Crippen molar-refractivity contribution in [1.29, 1.82) is 0 Å². The van der Waals surface area contributed by atoms with Gasteiger partial charge in [0.05, 0.1) is 19.1 Å². The van der Waals surface area contributed by atoms with Gasteiger partial charge in [0, 0.05) is 18.9 Å². The van der Waals surface area contributed by atoms with Crippen LogP contribution >= 0.6 is 0 Å². The number of rotatable bonds is 7. The minimum atomic E-state index is -0.184. The molecule has 0 unspecified atom stereocenters. The predicted molar refractivity (Wildman–Crippen MR) is 93.9 cm³/mol. The Morgan fingerprint density at radius 2 is 1.88 bits per heavy atom. The normalized spacial score (nSPS) is 10.3. The molecule has 6 heteroatoms. The molecule has 1 amide bonds. The van der Waals surface area contributed by atoms with Crippen LogP contribution in [0.3, 0.4) is 0 Å². The monoisotopic (exact) mass is 337 g/mol. The lowest BCUT2D eigenvalue weighted by atomic mass is 10.1. The zero-order chi connectivity index (χ0) is 17.5. The maximum Gasteiger partial charge on any atom is 0.258 e. The molecule has 6 nitrogen and oxygen atoms in total. The molecule has 1 heterocycles. The quantitative estimate of drug-likeness (QED) is 0.720. The summed E-state index contributed by atoms with van der Waals surface area (Å²) in [5.41, 5.74) is 1.98. The Morgan fingerprint density at radius 3 is 2.60 bits per heavy atom. The molecule has 0 radical (unpaired) electrons. The van der Waals surface area contributed by atoms with Gasteiger partial charge >= 0.3 is 0 Å². The Balaban J connectivity index is 1.54. The summed E-state index contributed by atoms with van der Waals surface area (Å²) in [5.74, 6) is 1.18. The second-order valence-electron chi connectivity index (χ2n) is 5.34. The molecule has 25 heavy (non-hydrogen) atoms. The molecule has 0 saturated heterocycles. The van der Waals surface area contributed by atoms with Gasteiger partial charge in [0.15, 0.2) is 6.61 Å². The summed E-state index contributed by atoms with van der Waals surface area (Å²) in [5, 5.41) is 2.87. The number of para-hydroxylation sites is 1. The second-order valence-corrected chi connectivity index (χ2v) is 5.34. The van der Waals surface area contributed by atoms with E-state index in [0.29, 0.717) is 12.3 Å². The highest BCUT2D eigenvalue weighted by atomic mass is 16.5. The Hall–Kier alpha value is -3.28. The molecule has 0 bridgehead atoms. The number of nitrogens with zero attached hydrogens (tertiary/aromatic N) is 2. The number of hydrogen-bond donors (Lipinski definition) is 1. The summed E-state index contributed by atoms with van der Waals surface area (Å²) in [6, 6.07) is 14.9. The maximum atomic E-state index is 12.0. The highest BCUT2D eigenvalue weighted by Crippen LogP contribution is 2.17. The first-order valence-electron chi connectivity index (χ1n) is 7.86. The van der Waals surface area contributed by atoms with Gasteiger partial charge in [0.1, 0.15) is 11.5 Å². The molecule has 1 aromatic heterocycles. The lowest BCUT2D eigenvalue weighted by molar-refractivity contribution is -0.123. The molecule has 1 N–H and O–H groups in total. The first-order valence-corrected chi connectivity index (χ1v) is 7.86. The number of amides is 1. The molecule has 0 atom stereocenters. The van der Waals surface area contributed by atoms with Crippen molar-refractivity contribution in [2.45, 2.75) is 6.54 Å². The summed E-state index contributed by atoms with van der Waals surface area (Å²) in [6.45, 7) is 0.374. The molecule has 3 aromatic rings. The Kier molecular flexibility index (Phi) is 5.31. The summed E-state index contributed by atoms with van der Waals surface area (Å²) < 4.78 is 12.5. The van der Waals surface area contributed by atoms with Crippen molar-refractivity contribution in [2.75, 3.05) is 13.7 Å². The van der Waals surface area contributed by atoms with E-state index in [9.17, 15) is 4.79 Å². The molecule has 2 aromatic carbocycles. The van der Waals surface area contributed by atoms with E-state index in [0.717, 1.165) is 17.0 Å². The van der Waals surface area contributed by atoms with E-state index in [-0.39, 0.29) is 12.5 Å². The van der Waals surface area contributed by atoms with Crippen molar-refractivity contribution in [3.05, 3.63) is 72.8 Å². The van der Waals surface area contributed by atoms with Crippen LogP contribution in [0.15, 0.2) is 67.3 Å². The van der Waals surface area contributed by atoms with E-state index in [4.69, 9.17) is 9.47 Å². The number of methoxy groups -OCH3 is 1. The van der Waals surface area contributed by atoms with Gasteiger partial charge in [-0.3, -0.25) is 4.79 Å². The van der Waals surface area contributed by atoms with Crippen LogP contribution in [0.1, 0.15) is 5.56 Å². The first-order chi connectivity index (χ1) is 12.3. The second kappa shape index (κ2) is 8.01. The van der Waals surface area contributed by atoms with E-state index < -0.39 is 0 Å². The molecule has 0 fully saturated rings. The van der Waals surface area contributed by atoms with Crippen molar-refractivity contribution in [3.63, 3.8) is 0 Å². The third kappa shape index (κ3) is 4.38. The van der Waals surface area contributed by atoms with Crippen molar-refractivity contribution in [2.24, 2.45) is 0 Å². The smallest absolute Gasteiger partial charge is 0.258 e. The number of imidazole rings is 1. The molecular formula is C19H19N3O3. The van der Waals surface area contributed by atoms with E-state index in [2.05, 4.69) is 10.3 Å². The fourth-order valence-electron chi connectivity index (χ4n) is 2.38. The Bertz CT molecular complexity index is 814. The number of aromatic nitrogens is 2. The highest BCUT2D eigenvalue weighted by molar-refractivity contribution is 5.77. The van der Waals surface area contributed by atoms with Gasteiger partial charge in [0.2, 0.25) is 0 Å². The molecule has 0 aliphatic rings. The van der Waals surface area contributed by atoms with Crippen LogP contribution in [0, 0.1) is 0 Å². The molecule has 0 aliphatic carbocycles. The summed E-state index contributed by atoms with van der Waals surface area (Å²) in [4.78, 5) is 16.1. The first kappa shape index (κ1) is 16.6. The number of carbonyl (C=O) groups excluding carboxylic acids is 1. The molecule has 0 saturated carbocycles. The van der Waals surface area contributed by atoms with Crippen LogP contribution in [0.25, 0.3) is 5.69 Å². The van der Waals surface area contributed by atoms with Crippen LogP contribution in [0.5, 0.6) is 11.5 Å². The van der Waals surface area contributed by atoms with Crippen LogP contribution in [-0.4, -0.2) is 29.2 Å². The third-order valence-corrected chi connectivity index (χ3v) is 3.68. The fourth-order valence-corrected chi connectivity index (χ4v) is 2.38. The summed E-state index contributed by atoms with van der Waals surface area (Å²) in [6.07, 6.45) is 5.32. The van der Waals surface area contributed by atoms with Gasteiger partial charge in [-0.25, -0.2) is 4.98 Å². The molecule has 3 rings (SSSR count). The SMILES string of the molecule is COc1ccc(OCC(=O)NCc2ccccc2-n2ccnc2)cc1. The van der Waals surface area contributed by atoms with Gasteiger partial charge in [0.25, 0.3) is 5.91 Å². The van der Waals surface area contributed by atoms with Crippen molar-refractivity contribution in [1.82, 2.24) is 14.9 Å². The predicted octanol–water partition coefficient (Wildman–Crippen LogP) is 2.58. The third-order valence-electron chi connectivity index (χ3n) is 3.68. The number of hydrogen-bond acceptors (Lipinski definition) is 4. The van der Waals surface area contributed by atoms with Gasteiger partial charge in [-0.1, -0.05) is 18.2 Å². The van der Waals surface area contributed by atoms with E-state index in [1.54, 1.807) is 43.9 Å². The zero-order valence-electron chi connectivity index (χ0n) is 13.9. The number of carbonyl (C=O) groups is 1. The topological polar surface area (TPSA) is 65.4 Å². The van der Waals surface area contributed by atoms with Crippen LogP contribution in [0.2, 0.25) is 0 Å². The van der Waals surface area contributed by atoms with Crippen LogP contribution in [-0.2, 0) is 11.3 Å². The fraction of sp³-hybridized carbons (Fsp3) is 0.158. The molecule has 0 spiro atoms. The Morgan fingerprint density at radius 1 is 1.12 bits per heavy atom. The van der Waals surface area contributed by atoms with Gasteiger partial charge < -0.3 is 19.4 Å². The minimum Gasteiger partial charge on any atom is -0.497 e. The van der Waals surface area contributed by atoms with Gasteiger partial charge in [-0.15, -0.1) is 0 Å². The van der Waals surface area contributed by atoms with E-state index in [1.165, 1.54) is 0 Å². The van der Waals surface area contributed by atoms with Crippen molar-refractivity contribution >= 4 is 5.91 Å². The van der Waals surface area contributed by atoms with Crippen molar-refractivity contribution in [3.8, 4) is 17.2 Å². The Labute approximate surface area is 146 Å². The van der Waals surface area contributed by atoms with E-state index in [1.807, 2.05) is 35.0 Å². The number of nitrogens with one attached hydrogen (secondary N) is 1. The lowest BCUT2D eigenvalue weighted by Crippen LogP contribution is -2.28. The van der Waals surface area contributed by atoms with Crippen LogP contribution < -0.4 is 14.8 Å². The van der Waals surface area contributed by atoms with Crippen LogP contribution in [0.4, 0.5) is 0 Å². The molecular weight excluding hydrogens is 318 g/mol. The van der Waals surface area contributed by atoms with E-state index >= 15 is 0 Å². The zero-order valence-corrected chi connectivity index (χ0v) is 13.9. The maximum absolute atomic E-state index is 12.0. The summed E-state index contributed by atoms with van der Waals surface area (Å²) >= 11 is 0. The van der Waals surface area contributed by atoms with Crippen molar-refractivity contribution < 1.29 is 14.3 Å². The average Bonchev–Trinajstić information content (AvgIpc) is 3.20.